The van der Waals surface area contributed by atoms with Crippen molar-refractivity contribution in [3.05, 3.63) is 16.3 Å². The van der Waals surface area contributed by atoms with Crippen LogP contribution in [0, 0.1) is 6.92 Å². The van der Waals surface area contributed by atoms with Gasteiger partial charge in [-0.3, -0.25) is 4.40 Å². The lowest BCUT2D eigenvalue weighted by molar-refractivity contribution is 0.700. The van der Waals surface area contributed by atoms with Crippen LogP contribution in [0.5, 0.6) is 0 Å². The molecule has 0 unspecified atom stereocenters. The molecule has 4 nitrogen and oxygen atoms in total. The first-order valence-electron chi connectivity index (χ1n) is 7.08. The molecule has 0 atom stereocenters. The average molecular weight is 304 g/mol. The molecule has 0 spiro atoms. The van der Waals surface area contributed by atoms with E-state index < -0.39 is 0 Å². The summed E-state index contributed by atoms with van der Waals surface area (Å²) in [6.07, 6.45) is 4.95. The smallest absolute Gasteiger partial charge is 0.197 e. The van der Waals surface area contributed by atoms with E-state index in [0.717, 1.165) is 27.2 Å². The zero-order valence-electron chi connectivity index (χ0n) is 11.6. The number of thioether (sulfide) groups is 1. The summed E-state index contributed by atoms with van der Waals surface area (Å²) in [5.74, 6) is 1.99. The van der Waals surface area contributed by atoms with Crippen molar-refractivity contribution in [1.29, 1.82) is 0 Å². The maximum Gasteiger partial charge on any atom is 0.197 e. The molecule has 0 saturated heterocycles. The molecule has 0 N–H and O–H groups in total. The van der Waals surface area contributed by atoms with Crippen molar-refractivity contribution >= 4 is 39.0 Å². The molecule has 0 saturated carbocycles. The monoisotopic (exact) mass is 304 g/mol. The molecule has 3 aromatic rings. The van der Waals surface area contributed by atoms with Crippen LogP contribution in [0.4, 0.5) is 0 Å². The highest BCUT2D eigenvalue weighted by Gasteiger charge is 2.22. The first-order chi connectivity index (χ1) is 9.79. The van der Waals surface area contributed by atoms with Crippen LogP contribution in [0.15, 0.2) is 5.16 Å². The van der Waals surface area contributed by atoms with Gasteiger partial charge in [0, 0.05) is 4.88 Å². The topological polar surface area (TPSA) is 43.1 Å². The second-order valence-corrected chi connectivity index (χ2v) is 7.44. The largest absolute Gasteiger partial charge is 0.257 e. The van der Waals surface area contributed by atoms with E-state index in [2.05, 4.69) is 21.5 Å². The van der Waals surface area contributed by atoms with E-state index in [9.17, 15) is 0 Å². The highest BCUT2D eigenvalue weighted by molar-refractivity contribution is 7.99. The molecular weight excluding hydrogens is 288 g/mol. The molecule has 20 heavy (non-hydrogen) atoms. The van der Waals surface area contributed by atoms with Crippen molar-refractivity contribution in [3.63, 3.8) is 0 Å². The molecule has 3 aromatic heterocycles. The second kappa shape index (κ2) is 4.70. The zero-order chi connectivity index (χ0) is 13.7. The second-order valence-electron chi connectivity index (χ2n) is 5.12. The third-order valence-corrected chi connectivity index (χ3v) is 5.87. The molecule has 0 aliphatic heterocycles. The third kappa shape index (κ3) is 1.71. The summed E-state index contributed by atoms with van der Waals surface area (Å²) >= 11 is 3.58. The quantitative estimate of drug-likeness (QED) is 0.678. The van der Waals surface area contributed by atoms with Gasteiger partial charge in [0.2, 0.25) is 0 Å². The van der Waals surface area contributed by atoms with Crippen LogP contribution in [-0.2, 0) is 12.8 Å². The van der Waals surface area contributed by atoms with E-state index >= 15 is 0 Å². The predicted octanol–water partition coefficient (Wildman–Crippen LogP) is 3.64. The fourth-order valence-corrected chi connectivity index (χ4v) is 5.01. The number of aromatic nitrogens is 4. The molecule has 0 bridgehead atoms. The molecule has 3 heterocycles. The van der Waals surface area contributed by atoms with Gasteiger partial charge in [-0.25, -0.2) is 4.98 Å². The Morgan fingerprint density at radius 2 is 2.10 bits per heavy atom. The van der Waals surface area contributed by atoms with Crippen molar-refractivity contribution in [2.24, 2.45) is 0 Å². The zero-order valence-corrected chi connectivity index (χ0v) is 13.3. The molecule has 104 valence electrons. The molecule has 0 amide bonds. The number of hydrogen-bond acceptors (Lipinski definition) is 5. The van der Waals surface area contributed by atoms with Crippen LogP contribution in [0.1, 0.15) is 36.0 Å². The van der Waals surface area contributed by atoms with Gasteiger partial charge in [0.15, 0.2) is 10.8 Å². The van der Waals surface area contributed by atoms with Gasteiger partial charge in [0.25, 0.3) is 0 Å². The lowest BCUT2D eigenvalue weighted by Gasteiger charge is -2.10. The van der Waals surface area contributed by atoms with Gasteiger partial charge in [-0.05, 0) is 43.9 Å². The number of thiophene rings is 1. The first kappa shape index (κ1) is 12.6. The number of rotatable bonds is 2. The van der Waals surface area contributed by atoms with Crippen LogP contribution in [0.2, 0.25) is 0 Å². The van der Waals surface area contributed by atoms with Crippen LogP contribution in [0.3, 0.4) is 0 Å². The number of fused-ring (bicyclic) bond motifs is 5. The summed E-state index contributed by atoms with van der Waals surface area (Å²) in [5.41, 5.74) is 2.48. The minimum atomic E-state index is 0.963. The fourth-order valence-electron chi connectivity index (χ4n) is 3.00. The highest BCUT2D eigenvalue weighted by Crippen LogP contribution is 2.38. The summed E-state index contributed by atoms with van der Waals surface area (Å²) in [4.78, 5) is 7.47. The Morgan fingerprint density at radius 3 is 2.95 bits per heavy atom. The summed E-state index contributed by atoms with van der Waals surface area (Å²) in [6.45, 7) is 4.19. The summed E-state index contributed by atoms with van der Waals surface area (Å²) < 4.78 is 2.12. The van der Waals surface area contributed by atoms with Crippen molar-refractivity contribution in [3.8, 4) is 0 Å². The molecule has 0 aromatic carbocycles. The number of nitrogens with zero attached hydrogens (tertiary/aromatic N) is 4. The Balaban J connectivity index is 2.09. The minimum absolute atomic E-state index is 0.963. The van der Waals surface area contributed by atoms with Crippen LogP contribution in [-0.4, -0.2) is 25.3 Å². The number of hydrogen-bond donors (Lipinski definition) is 0. The van der Waals surface area contributed by atoms with Crippen LogP contribution in [0.25, 0.3) is 15.9 Å². The van der Waals surface area contributed by atoms with Crippen LogP contribution >= 0.6 is 23.1 Å². The van der Waals surface area contributed by atoms with E-state index in [0.29, 0.717) is 0 Å². The molecule has 0 fully saturated rings. The van der Waals surface area contributed by atoms with Gasteiger partial charge < -0.3 is 0 Å². The number of aryl methyl sites for hydroxylation is 3. The normalized spacial score (nSPS) is 15.1. The fraction of sp³-hybridized carbons (Fsp3) is 0.500. The lowest BCUT2D eigenvalue weighted by Crippen LogP contribution is -2.01. The Hall–Kier alpha value is -1.14. The van der Waals surface area contributed by atoms with E-state index in [1.54, 1.807) is 11.8 Å². The Kier molecular flexibility index (Phi) is 2.96. The summed E-state index contributed by atoms with van der Waals surface area (Å²) in [6, 6.07) is 0. The summed E-state index contributed by atoms with van der Waals surface area (Å²) in [5, 5.41) is 11.0. The molecule has 1 aliphatic carbocycles. The summed E-state index contributed by atoms with van der Waals surface area (Å²) in [7, 11) is 0. The molecule has 1 aliphatic rings. The molecule has 4 rings (SSSR count). The minimum Gasteiger partial charge on any atom is -0.257 e. The van der Waals surface area contributed by atoms with Gasteiger partial charge in [-0.15, -0.1) is 21.5 Å². The maximum atomic E-state index is 4.81. The van der Waals surface area contributed by atoms with E-state index in [1.807, 2.05) is 18.3 Å². The third-order valence-electron chi connectivity index (χ3n) is 3.87. The van der Waals surface area contributed by atoms with Gasteiger partial charge >= 0.3 is 0 Å². The lowest BCUT2D eigenvalue weighted by atomic mass is 9.97. The molecule has 0 radical (unpaired) electrons. The highest BCUT2D eigenvalue weighted by atomic mass is 32.2. The van der Waals surface area contributed by atoms with Crippen molar-refractivity contribution < 1.29 is 0 Å². The molecule has 6 heteroatoms. The van der Waals surface area contributed by atoms with Crippen LogP contribution < -0.4 is 0 Å². The first-order valence-corrected chi connectivity index (χ1v) is 8.88. The average Bonchev–Trinajstić information content (AvgIpc) is 3.00. The van der Waals surface area contributed by atoms with Gasteiger partial charge in [-0.1, -0.05) is 18.7 Å². The Bertz CT molecular complexity index is 803. The van der Waals surface area contributed by atoms with Gasteiger partial charge in [-0.2, -0.15) is 0 Å². The maximum absolute atomic E-state index is 4.81. The van der Waals surface area contributed by atoms with E-state index in [1.165, 1.54) is 41.5 Å². The van der Waals surface area contributed by atoms with Crippen molar-refractivity contribution in [1.82, 2.24) is 19.6 Å². The van der Waals surface area contributed by atoms with Crippen molar-refractivity contribution in [2.75, 3.05) is 5.75 Å². The Labute approximate surface area is 125 Å². The van der Waals surface area contributed by atoms with E-state index in [-0.39, 0.29) is 0 Å². The van der Waals surface area contributed by atoms with E-state index in [4.69, 9.17) is 4.98 Å². The van der Waals surface area contributed by atoms with Gasteiger partial charge in [0.1, 0.15) is 10.7 Å². The Morgan fingerprint density at radius 1 is 1.25 bits per heavy atom. The SMILES string of the molecule is CCSc1nnc2c3c4c(sc3nc(C)n12)CCCC4. The predicted molar refractivity (Wildman–Crippen MR) is 83.9 cm³/mol. The van der Waals surface area contributed by atoms with Crippen molar-refractivity contribution in [2.45, 2.75) is 44.7 Å². The van der Waals surface area contributed by atoms with Gasteiger partial charge in [0.05, 0.1) is 5.39 Å². The molecular formula is C14H16N4S2. The standard InChI is InChI=1S/C14H16N4S2/c1-3-19-14-17-16-12-11-9-6-4-5-7-10(9)20-13(11)15-8(2)18(12)14/h3-7H2,1-2H3.